The minimum atomic E-state index is -0.753. The Kier molecular flexibility index (Phi) is 3.24. The van der Waals surface area contributed by atoms with E-state index in [0.717, 1.165) is 0 Å². The fourth-order valence-corrected chi connectivity index (χ4v) is 0.464. The van der Waals surface area contributed by atoms with Gasteiger partial charge in [0.15, 0.2) is 0 Å². The fraction of sp³-hybridized carbons (Fsp3) is 0.833. The lowest BCUT2D eigenvalue weighted by Gasteiger charge is -2.13. The van der Waals surface area contributed by atoms with Crippen molar-refractivity contribution in [1.82, 2.24) is 5.32 Å². The third kappa shape index (κ3) is 2.46. The van der Waals surface area contributed by atoms with E-state index in [1.807, 2.05) is 6.92 Å². The van der Waals surface area contributed by atoms with Crippen LogP contribution in [0, 0.1) is 5.92 Å². The van der Waals surface area contributed by atoms with Crippen molar-refractivity contribution in [3.05, 3.63) is 0 Å². The third-order valence-electron chi connectivity index (χ3n) is 1.59. The molecule has 3 heteroatoms. The highest BCUT2D eigenvalue weighted by Gasteiger charge is 2.16. The largest absolute Gasteiger partial charge is 0.481 e. The maximum atomic E-state index is 10.3. The molecule has 0 saturated heterocycles. The van der Waals surface area contributed by atoms with Crippen molar-refractivity contribution in [2.45, 2.75) is 19.9 Å². The van der Waals surface area contributed by atoms with E-state index in [1.54, 1.807) is 14.0 Å². The van der Waals surface area contributed by atoms with Crippen molar-refractivity contribution in [3.8, 4) is 0 Å². The molecule has 0 spiro atoms. The van der Waals surface area contributed by atoms with Crippen molar-refractivity contribution in [2.75, 3.05) is 7.05 Å². The summed E-state index contributed by atoms with van der Waals surface area (Å²) in [7, 11) is 1.75. The average molecular weight is 131 g/mol. The molecule has 0 unspecified atom stereocenters. The van der Waals surface area contributed by atoms with Gasteiger partial charge in [0.05, 0.1) is 5.92 Å². The summed E-state index contributed by atoms with van der Waals surface area (Å²) in [6.07, 6.45) is 0. The normalized spacial score (nSPS) is 16.8. The molecule has 0 bridgehead atoms. The standard InChI is InChI=1S/C6H13NO2/c1-4(6(8)9)5(2)7-3/h4-5,7H,1-3H3,(H,8,9)/t4-,5+/m1/s1. The molecule has 0 saturated carbocycles. The number of carboxylic acid groups (broad SMARTS) is 1. The van der Waals surface area contributed by atoms with E-state index in [1.165, 1.54) is 0 Å². The molecular formula is C6H13NO2. The summed E-state index contributed by atoms with van der Waals surface area (Å²) in [6.45, 7) is 3.53. The van der Waals surface area contributed by atoms with Crippen LogP contribution in [0.2, 0.25) is 0 Å². The van der Waals surface area contributed by atoms with Gasteiger partial charge in [-0.1, -0.05) is 6.92 Å². The highest BCUT2D eigenvalue weighted by atomic mass is 16.4. The van der Waals surface area contributed by atoms with E-state index in [9.17, 15) is 4.79 Å². The van der Waals surface area contributed by atoms with Gasteiger partial charge >= 0.3 is 5.97 Å². The van der Waals surface area contributed by atoms with Crippen molar-refractivity contribution in [3.63, 3.8) is 0 Å². The lowest BCUT2D eigenvalue weighted by molar-refractivity contribution is -0.141. The van der Waals surface area contributed by atoms with E-state index >= 15 is 0 Å². The number of carboxylic acids is 1. The summed E-state index contributed by atoms with van der Waals surface area (Å²) < 4.78 is 0. The molecular weight excluding hydrogens is 118 g/mol. The molecule has 9 heavy (non-hydrogen) atoms. The van der Waals surface area contributed by atoms with Crippen LogP contribution < -0.4 is 5.32 Å². The zero-order valence-corrected chi connectivity index (χ0v) is 6.01. The lowest BCUT2D eigenvalue weighted by atomic mass is 10.1. The van der Waals surface area contributed by atoms with Crippen LogP contribution in [-0.4, -0.2) is 24.2 Å². The number of aliphatic carboxylic acids is 1. The maximum Gasteiger partial charge on any atom is 0.307 e. The van der Waals surface area contributed by atoms with Gasteiger partial charge < -0.3 is 10.4 Å². The number of hydrogen-bond acceptors (Lipinski definition) is 2. The highest BCUT2D eigenvalue weighted by Crippen LogP contribution is 2.00. The minimum Gasteiger partial charge on any atom is -0.481 e. The van der Waals surface area contributed by atoms with Gasteiger partial charge in [0, 0.05) is 6.04 Å². The summed E-state index contributed by atoms with van der Waals surface area (Å²) in [5, 5.41) is 11.3. The van der Waals surface area contributed by atoms with Gasteiger partial charge in [-0.3, -0.25) is 4.79 Å². The third-order valence-corrected chi connectivity index (χ3v) is 1.59. The molecule has 54 valence electrons. The molecule has 0 heterocycles. The van der Waals surface area contributed by atoms with Gasteiger partial charge in [0.2, 0.25) is 0 Å². The first-order chi connectivity index (χ1) is 4.09. The Balaban J connectivity index is 3.72. The number of rotatable bonds is 3. The molecule has 0 aliphatic carbocycles. The topological polar surface area (TPSA) is 49.3 Å². The van der Waals surface area contributed by atoms with Crippen molar-refractivity contribution in [1.29, 1.82) is 0 Å². The number of nitrogens with one attached hydrogen (secondary N) is 1. The molecule has 0 aromatic heterocycles. The van der Waals surface area contributed by atoms with Gasteiger partial charge in [-0.2, -0.15) is 0 Å². The second-order valence-corrected chi connectivity index (χ2v) is 2.20. The zero-order valence-electron chi connectivity index (χ0n) is 6.01. The van der Waals surface area contributed by atoms with E-state index in [0.29, 0.717) is 0 Å². The Morgan fingerprint density at radius 2 is 2.00 bits per heavy atom. The summed E-state index contributed by atoms with van der Waals surface area (Å²) >= 11 is 0. The van der Waals surface area contributed by atoms with E-state index in [2.05, 4.69) is 5.32 Å². The van der Waals surface area contributed by atoms with Gasteiger partial charge in [-0.05, 0) is 14.0 Å². The molecule has 3 nitrogen and oxygen atoms in total. The summed E-state index contributed by atoms with van der Waals surface area (Å²) in [4.78, 5) is 10.3. The quantitative estimate of drug-likeness (QED) is 0.579. The van der Waals surface area contributed by atoms with Crippen LogP contribution in [0.3, 0.4) is 0 Å². The van der Waals surface area contributed by atoms with Crippen molar-refractivity contribution in [2.24, 2.45) is 5.92 Å². The molecule has 0 aliphatic heterocycles. The second kappa shape index (κ2) is 3.45. The Hall–Kier alpha value is -0.570. The summed E-state index contributed by atoms with van der Waals surface area (Å²) in [5.74, 6) is -1.06. The first-order valence-electron chi connectivity index (χ1n) is 2.99. The minimum absolute atomic E-state index is 0.0440. The molecule has 0 aromatic rings. The van der Waals surface area contributed by atoms with Gasteiger partial charge in [0.1, 0.15) is 0 Å². The smallest absolute Gasteiger partial charge is 0.307 e. The fourth-order valence-electron chi connectivity index (χ4n) is 0.464. The van der Waals surface area contributed by atoms with E-state index in [4.69, 9.17) is 5.11 Å². The Labute approximate surface area is 55.1 Å². The number of hydrogen-bond donors (Lipinski definition) is 2. The van der Waals surface area contributed by atoms with Crippen LogP contribution in [0.5, 0.6) is 0 Å². The summed E-state index contributed by atoms with van der Waals surface area (Å²) in [5.41, 5.74) is 0. The average Bonchev–Trinajstić information content (AvgIpc) is 1.84. The lowest BCUT2D eigenvalue weighted by Crippen LogP contribution is -2.33. The molecule has 0 fully saturated rings. The van der Waals surface area contributed by atoms with Crippen molar-refractivity contribution >= 4 is 5.97 Å². The first kappa shape index (κ1) is 8.43. The van der Waals surface area contributed by atoms with Gasteiger partial charge in [-0.25, -0.2) is 0 Å². The highest BCUT2D eigenvalue weighted by molar-refractivity contribution is 5.70. The second-order valence-electron chi connectivity index (χ2n) is 2.20. The molecule has 0 amide bonds. The summed E-state index contributed by atoms with van der Waals surface area (Å²) in [6, 6.07) is 0.0440. The molecule has 2 N–H and O–H groups in total. The van der Waals surface area contributed by atoms with Crippen LogP contribution in [-0.2, 0) is 4.79 Å². The van der Waals surface area contributed by atoms with Crippen LogP contribution >= 0.6 is 0 Å². The van der Waals surface area contributed by atoms with Crippen LogP contribution in [0.25, 0.3) is 0 Å². The molecule has 0 radical (unpaired) electrons. The van der Waals surface area contributed by atoms with Gasteiger partial charge in [0.25, 0.3) is 0 Å². The first-order valence-corrected chi connectivity index (χ1v) is 2.99. The van der Waals surface area contributed by atoms with E-state index < -0.39 is 5.97 Å². The van der Waals surface area contributed by atoms with E-state index in [-0.39, 0.29) is 12.0 Å². The molecule has 0 aromatic carbocycles. The van der Waals surface area contributed by atoms with Crippen LogP contribution in [0.15, 0.2) is 0 Å². The SMILES string of the molecule is CN[C@@H](C)[C@@H](C)C(=O)O. The Morgan fingerprint density at radius 1 is 1.56 bits per heavy atom. The Morgan fingerprint density at radius 3 is 2.11 bits per heavy atom. The van der Waals surface area contributed by atoms with Gasteiger partial charge in [-0.15, -0.1) is 0 Å². The van der Waals surface area contributed by atoms with Crippen LogP contribution in [0.4, 0.5) is 0 Å². The predicted molar refractivity (Wildman–Crippen MR) is 35.3 cm³/mol. The number of carbonyl (C=O) groups is 1. The van der Waals surface area contributed by atoms with Crippen LogP contribution in [0.1, 0.15) is 13.8 Å². The van der Waals surface area contributed by atoms with Crippen molar-refractivity contribution < 1.29 is 9.90 Å². The monoisotopic (exact) mass is 131 g/mol. The predicted octanol–water partition coefficient (Wildman–Crippen LogP) is 0.315. The maximum absolute atomic E-state index is 10.3. The molecule has 2 atom stereocenters. The molecule has 0 aliphatic rings. The Bertz CT molecular complexity index is 103. The molecule has 0 rings (SSSR count). The zero-order chi connectivity index (χ0) is 7.44.